The summed E-state index contributed by atoms with van der Waals surface area (Å²) in [6.45, 7) is 4.71. The quantitative estimate of drug-likeness (QED) is 0.651. The minimum Gasteiger partial charge on any atom is -0.370 e. The van der Waals surface area contributed by atoms with Gasteiger partial charge in [-0.1, -0.05) is 6.92 Å². The molecule has 0 saturated carbocycles. The van der Waals surface area contributed by atoms with Crippen LogP contribution in [0.1, 0.15) is 29.4 Å². The number of hydrogen-bond donors (Lipinski definition) is 0. The van der Waals surface area contributed by atoms with Gasteiger partial charge in [0.05, 0.1) is 23.1 Å². The van der Waals surface area contributed by atoms with Crippen LogP contribution < -0.4 is 4.90 Å². The third kappa shape index (κ3) is 4.06. The van der Waals surface area contributed by atoms with Crippen molar-refractivity contribution in [3.8, 4) is 5.69 Å². The van der Waals surface area contributed by atoms with E-state index in [9.17, 15) is 13.6 Å². The highest BCUT2D eigenvalue weighted by molar-refractivity contribution is 5.95. The topological polar surface area (TPSA) is 41.4 Å². The fourth-order valence-electron chi connectivity index (χ4n) is 3.90. The molecular formula is C23H24F2N4O. The molecule has 1 aliphatic rings. The summed E-state index contributed by atoms with van der Waals surface area (Å²) in [5.41, 5.74) is 3.08. The molecule has 1 amide bonds. The zero-order chi connectivity index (χ0) is 21.1. The number of halogens is 2. The van der Waals surface area contributed by atoms with Gasteiger partial charge in [0.15, 0.2) is 0 Å². The smallest absolute Gasteiger partial charge is 0.257 e. The van der Waals surface area contributed by atoms with Crippen LogP contribution in [0.25, 0.3) is 5.69 Å². The van der Waals surface area contributed by atoms with E-state index >= 15 is 0 Å². The van der Waals surface area contributed by atoms with Crippen molar-refractivity contribution < 1.29 is 13.6 Å². The molecule has 0 N–H and O–H groups in total. The highest BCUT2D eigenvalue weighted by Crippen LogP contribution is 2.21. The summed E-state index contributed by atoms with van der Waals surface area (Å²) >= 11 is 0. The van der Waals surface area contributed by atoms with E-state index in [4.69, 9.17) is 0 Å². The molecule has 1 aromatic heterocycles. The predicted octanol–water partition coefficient (Wildman–Crippen LogP) is 4.07. The van der Waals surface area contributed by atoms with Gasteiger partial charge in [-0.05, 0) is 61.4 Å². The van der Waals surface area contributed by atoms with E-state index in [1.54, 1.807) is 35.1 Å². The fourth-order valence-corrected chi connectivity index (χ4v) is 3.90. The third-order valence-corrected chi connectivity index (χ3v) is 5.48. The van der Waals surface area contributed by atoms with E-state index in [2.05, 4.69) is 10.00 Å². The van der Waals surface area contributed by atoms with Gasteiger partial charge in [0.2, 0.25) is 0 Å². The van der Waals surface area contributed by atoms with Gasteiger partial charge in [0.25, 0.3) is 5.91 Å². The van der Waals surface area contributed by atoms with Crippen LogP contribution in [0.2, 0.25) is 0 Å². The van der Waals surface area contributed by atoms with Crippen molar-refractivity contribution in [3.05, 3.63) is 77.6 Å². The summed E-state index contributed by atoms with van der Waals surface area (Å²) in [4.78, 5) is 17.3. The number of carbonyl (C=O) groups excluding carboxylic acids is 1. The monoisotopic (exact) mass is 410 g/mol. The first-order valence-corrected chi connectivity index (χ1v) is 10.2. The maximum absolute atomic E-state index is 13.3. The van der Waals surface area contributed by atoms with Crippen LogP contribution in [0.4, 0.5) is 14.5 Å². The first-order chi connectivity index (χ1) is 14.6. The summed E-state index contributed by atoms with van der Waals surface area (Å²) < 4.78 is 28.2. The first kappa shape index (κ1) is 20.1. The van der Waals surface area contributed by atoms with Crippen molar-refractivity contribution >= 4 is 11.6 Å². The molecule has 0 spiro atoms. The summed E-state index contributed by atoms with van der Waals surface area (Å²) in [6.07, 6.45) is 3.07. The fraction of sp³-hybridized carbons (Fsp3) is 0.304. The van der Waals surface area contributed by atoms with Gasteiger partial charge in [-0.2, -0.15) is 5.10 Å². The van der Waals surface area contributed by atoms with E-state index in [0.29, 0.717) is 31.6 Å². The lowest BCUT2D eigenvalue weighted by Crippen LogP contribution is -2.35. The number of amides is 1. The number of aromatic nitrogens is 2. The Bertz CT molecular complexity index is 1010. The van der Waals surface area contributed by atoms with Crippen molar-refractivity contribution in [2.24, 2.45) is 0 Å². The Morgan fingerprint density at radius 2 is 1.53 bits per heavy atom. The number of benzene rings is 2. The van der Waals surface area contributed by atoms with Gasteiger partial charge in [0.1, 0.15) is 11.6 Å². The van der Waals surface area contributed by atoms with E-state index < -0.39 is 0 Å². The molecule has 3 aromatic rings. The summed E-state index contributed by atoms with van der Waals surface area (Å²) in [6, 6.07) is 12.5. The normalized spacial score (nSPS) is 14.6. The zero-order valence-electron chi connectivity index (χ0n) is 16.9. The molecule has 1 aliphatic heterocycles. The Labute approximate surface area is 174 Å². The van der Waals surface area contributed by atoms with E-state index in [1.807, 2.05) is 11.8 Å². The van der Waals surface area contributed by atoms with Gasteiger partial charge >= 0.3 is 0 Å². The van der Waals surface area contributed by atoms with Crippen molar-refractivity contribution in [2.45, 2.75) is 19.8 Å². The highest BCUT2D eigenvalue weighted by Gasteiger charge is 2.25. The molecule has 5 nitrogen and oxygen atoms in total. The molecular weight excluding hydrogens is 386 g/mol. The predicted molar refractivity (Wildman–Crippen MR) is 112 cm³/mol. The van der Waals surface area contributed by atoms with Gasteiger partial charge in [0, 0.05) is 31.9 Å². The van der Waals surface area contributed by atoms with E-state index in [1.165, 1.54) is 24.3 Å². The highest BCUT2D eigenvalue weighted by atomic mass is 19.1. The summed E-state index contributed by atoms with van der Waals surface area (Å²) in [7, 11) is 0. The second kappa shape index (κ2) is 8.65. The second-order valence-corrected chi connectivity index (χ2v) is 7.36. The Hall–Kier alpha value is -3.22. The second-order valence-electron chi connectivity index (χ2n) is 7.36. The molecule has 0 aliphatic carbocycles. The molecule has 2 aromatic carbocycles. The molecule has 0 unspecified atom stereocenters. The largest absolute Gasteiger partial charge is 0.370 e. The molecule has 2 heterocycles. The molecule has 30 heavy (non-hydrogen) atoms. The maximum atomic E-state index is 13.3. The zero-order valence-corrected chi connectivity index (χ0v) is 16.9. The molecule has 4 rings (SSSR count). The number of carbonyl (C=O) groups is 1. The Balaban J connectivity index is 1.52. The van der Waals surface area contributed by atoms with Gasteiger partial charge < -0.3 is 9.80 Å². The summed E-state index contributed by atoms with van der Waals surface area (Å²) in [5, 5.41) is 4.40. The Morgan fingerprint density at radius 1 is 0.900 bits per heavy atom. The van der Waals surface area contributed by atoms with E-state index in [-0.39, 0.29) is 17.5 Å². The van der Waals surface area contributed by atoms with Crippen molar-refractivity contribution in [1.82, 2.24) is 14.7 Å². The molecule has 1 fully saturated rings. The van der Waals surface area contributed by atoms with Crippen molar-refractivity contribution in [1.29, 1.82) is 0 Å². The molecule has 7 heteroatoms. The Kier molecular flexibility index (Phi) is 5.79. The lowest BCUT2D eigenvalue weighted by atomic mass is 10.1. The van der Waals surface area contributed by atoms with E-state index in [0.717, 1.165) is 30.0 Å². The van der Waals surface area contributed by atoms with Gasteiger partial charge in [-0.25, -0.2) is 13.5 Å². The third-order valence-electron chi connectivity index (χ3n) is 5.48. The average molecular weight is 410 g/mol. The van der Waals surface area contributed by atoms with Crippen LogP contribution in [-0.4, -0.2) is 46.8 Å². The number of hydrogen-bond acceptors (Lipinski definition) is 3. The Morgan fingerprint density at radius 3 is 2.17 bits per heavy atom. The number of nitrogens with zero attached hydrogens (tertiary/aromatic N) is 4. The van der Waals surface area contributed by atoms with Crippen LogP contribution in [0, 0.1) is 11.6 Å². The maximum Gasteiger partial charge on any atom is 0.257 e. The number of rotatable bonds is 4. The standard InChI is InChI=1S/C23H24F2N4O/c1-2-22-21(16-26-29(22)20-10-6-18(25)7-11-20)23(30)28-13-3-12-27(14-15-28)19-8-4-17(24)5-9-19/h4-11,16H,2-3,12-15H2,1H3. The molecule has 156 valence electrons. The molecule has 1 saturated heterocycles. The van der Waals surface area contributed by atoms with Crippen LogP contribution in [0.3, 0.4) is 0 Å². The lowest BCUT2D eigenvalue weighted by molar-refractivity contribution is 0.0766. The summed E-state index contributed by atoms with van der Waals surface area (Å²) in [5.74, 6) is -0.604. The SMILES string of the molecule is CCc1c(C(=O)N2CCCN(c3ccc(F)cc3)CC2)cnn1-c1ccc(F)cc1. The van der Waals surface area contributed by atoms with Crippen LogP contribution in [-0.2, 0) is 6.42 Å². The number of anilines is 1. The average Bonchev–Trinajstić information content (AvgIpc) is 3.03. The van der Waals surface area contributed by atoms with Crippen molar-refractivity contribution in [2.75, 3.05) is 31.1 Å². The minimum absolute atomic E-state index is 0.0406. The molecule has 0 atom stereocenters. The van der Waals surface area contributed by atoms with Crippen LogP contribution >= 0.6 is 0 Å². The first-order valence-electron chi connectivity index (χ1n) is 10.2. The molecule has 0 bridgehead atoms. The van der Waals surface area contributed by atoms with Crippen molar-refractivity contribution in [3.63, 3.8) is 0 Å². The van der Waals surface area contributed by atoms with Gasteiger partial charge in [-0.15, -0.1) is 0 Å². The molecule has 0 radical (unpaired) electrons. The lowest BCUT2D eigenvalue weighted by Gasteiger charge is -2.23. The minimum atomic E-state index is -0.310. The van der Waals surface area contributed by atoms with Crippen LogP contribution in [0.15, 0.2) is 54.7 Å². The van der Waals surface area contributed by atoms with Crippen LogP contribution in [0.5, 0.6) is 0 Å². The van der Waals surface area contributed by atoms with Gasteiger partial charge in [-0.3, -0.25) is 4.79 Å².